The summed E-state index contributed by atoms with van der Waals surface area (Å²) in [5, 5.41) is 11.6. The molecule has 0 fully saturated rings. The van der Waals surface area contributed by atoms with Gasteiger partial charge in [0.15, 0.2) is 0 Å². The monoisotopic (exact) mass is 309 g/mol. The number of nitrogens with one attached hydrogen (secondary N) is 1. The number of aryl methyl sites for hydroxylation is 1. The molecule has 0 aliphatic heterocycles. The molecule has 114 valence electrons. The number of ether oxygens (including phenoxy) is 2. The Morgan fingerprint density at radius 3 is 2.67 bits per heavy atom. The van der Waals surface area contributed by atoms with Gasteiger partial charge in [-0.2, -0.15) is 0 Å². The summed E-state index contributed by atoms with van der Waals surface area (Å²) in [6, 6.07) is 5.83. The lowest BCUT2D eigenvalue weighted by Gasteiger charge is -2.19. The zero-order valence-corrected chi connectivity index (χ0v) is 13.4. The van der Waals surface area contributed by atoms with Crippen molar-refractivity contribution in [1.82, 2.24) is 15.5 Å². The molecule has 1 aromatic carbocycles. The van der Waals surface area contributed by atoms with E-state index in [1.54, 1.807) is 21.1 Å². The van der Waals surface area contributed by atoms with Crippen LogP contribution in [0.15, 0.2) is 27.8 Å². The maximum atomic E-state index is 5.43. The van der Waals surface area contributed by atoms with Gasteiger partial charge in [-0.3, -0.25) is 0 Å². The highest BCUT2D eigenvalue weighted by atomic mass is 32.2. The van der Waals surface area contributed by atoms with Gasteiger partial charge in [-0.05, 0) is 25.2 Å². The molecule has 0 bridgehead atoms. The van der Waals surface area contributed by atoms with Gasteiger partial charge in [0.25, 0.3) is 5.22 Å². The van der Waals surface area contributed by atoms with Crippen LogP contribution in [0.4, 0.5) is 0 Å². The lowest BCUT2D eigenvalue weighted by Crippen LogP contribution is -2.19. The maximum absolute atomic E-state index is 5.43. The molecule has 1 N–H and O–H groups in total. The summed E-state index contributed by atoms with van der Waals surface area (Å²) in [7, 11) is 5.21. The third kappa shape index (κ3) is 3.89. The van der Waals surface area contributed by atoms with E-state index in [0.717, 1.165) is 22.8 Å². The lowest BCUT2D eigenvalue weighted by atomic mass is 10.1. The summed E-state index contributed by atoms with van der Waals surface area (Å²) >= 11 is 1.50. The molecule has 0 spiro atoms. The first-order valence-corrected chi connectivity index (χ1v) is 7.48. The van der Waals surface area contributed by atoms with Crippen molar-refractivity contribution < 1.29 is 13.9 Å². The lowest BCUT2D eigenvalue weighted by molar-refractivity contribution is 0.393. The number of benzene rings is 1. The van der Waals surface area contributed by atoms with Crippen molar-refractivity contribution in [3.05, 3.63) is 29.7 Å². The average molecular weight is 309 g/mol. The van der Waals surface area contributed by atoms with Gasteiger partial charge in [0.2, 0.25) is 5.89 Å². The number of thioether (sulfide) groups is 1. The molecule has 0 saturated carbocycles. The van der Waals surface area contributed by atoms with Gasteiger partial charge < -0.3 is 19.2 Å². The minimum Gasteiger partial charge on any atom is -0.497 e. The summed E-state index contributed by atoms with van der Waals surface area (Å²) < 4.78 is 16.1. The normalized spacial score (nSPS) is 12.2. The first kappa shape index (κ1) is 15.7. The van der Waals surface area contributed by atoms with E-state index in [2.05, 4.69) is 15.5 Å². The van der Waals surface area contributed by atoms with E-state index >= 15 is 0 Å². The highest BCUT2D eigenvalue weighted by Crippen LogP contribution is 2.32. The first-order valence-electron chi connectivity index (χ1n) is 6.50. The quantitative estimate of drug-likeness (QED) is 0.788. The van der Waals surface area contributed by atoms with Crippen molar-refractivity contribution in [2.75, 3.05) is 27.0 Å². The number of hydrogen-bond acceptors (Lipinski definition) is 7. The molecule has 0 amide bonds. The van der Waals surface area contributed by atoms with E-state index in [9.17, 15) is 0 Å². The van der Waals surface area contributed by atoms with Crippen molar-refractivity contribution in [2.24, 2.45) is 0 Å². The smallest absolute Gasteiger partial charge is 0.276 e. The first-order chi connectivity index (χ1) is 10.2. The molecule has 1 unspecified atom stereocenters. The third-order valence-electron chi connectivity index (χ3n) is 3.04. The Labute approximate surface area is 128 Å². The Balaban J connectivity index is 2.15. The SMILES string of the molecule is CNC(CSc1nnc(C)o1)c1cc(OC)ccc1OC. The van der Waals surface area contributed by atoms with Gasteiger partial charge >= 0.3 is 0 Å². The summed E-state index contributed by atoms with van der Waals surface area (Å²) in [4.78, 5) is 0. The predicted octanol–water partition coefficient (Wildman–Crippen LogP) is 2.45. The maximum Gasteiger partial charge on any atom is 0.276 e. The number of rotatable bonds is 7. The second kappa shape index (κ2) is 7.33. The van der Waals surface area contributed by atoms with E-state index in [-0.39, 0.29) is 6.04 Å². The van der Waals surface area contributed by atoms with Crippen LogP contribution >= 0.6 is 11.8 Å². The van der Waals surface area contributed by atoms with Crippen LogP contribution in [0.3, 0.4) is 0 Å². The van der Waals surface area contributed by atoms with Crippen LogP contribution in [0.25, 0.3) is 0 Å². The molecule has 2 aromatic rings. The molecule has 1 heterocycles. The average Bonchev–Trinajstić information content (AvgIpc) is 2.93. The van der Waals surface area contributed by atoms with Crippen molar-refractivity contribution >= 4 is 11.8 Å². The Kier molecular flexibility index (Phi) is 5.46. The van der Waals surface area contributed by atoms with E-state index < -0.39 is 0 Å². The Morgan fingerprint density at radius 2 is 2.10 bits per heavy atom. The van der Waals surface area contributed by atoms with Gasteiger partial charge in [0.05, 0.1) is 14.2 Å². The fraction of sp³-hybridized carbons (Fsp3) is 0.429. The Hall–Kier alpha value is -1.73. The molecule has 21 heavy (non-hydrogen) atoms. The van der Waals surface area contributed by atoms with Gasteiger partial charge in [0.1, 0.15) is 11.5 Å². The summed E-state index contributed by atoms with van der Waals surface area (Å²) in [6.45, 7) is 1.78. The zero-order chi connectivity index (χ0) is 15.2. The topological polar surface area (TPSA) is 69.4 Å². The van der Waals surface area contributed by atoms with Gasteiger partial charge in [-0.1, -0.05) is 11.8 Å². The molecule has 6 nitrogen and oxygen atoms in total. The van der Waals surface area contributed by atoms with Gasteiger partial charge in [-0.25, -0.2) is 0 Å². The van der Waals surface area contributed by atoms with Crippen molar-refractivity contribution in [3.63, 3.8) is 0 Å². The summed E-state index contributed by atoms with van der Waals surface area (Å²) in [6.07, 6.45) is 0. The fourth-order valence-corrected chi connectivity index (χ4v) is 2.87. The number of nitrogens with zero attached hydrogens (tertiary/aromatic N) is 2. The van der Waals surface area contributed by atoms with Crippen LogP contribution in [0.5, 0.6) is 11.5 Å². The molecule has 0 aliphatic rings. The number of hydrogen-bond donors (Lipinski definition) is 1. The minimum absolute atomic E-state index is 0.0762. The van der Waals surface area contributed by atoms with Crippen molar-refractivity contribution in [2.45, 2.75) is 18.2 Å². The molecule has 0 aliphatic carbocycles. The van der Waals surface area contributed by atoms with Crippen LogP contribution in [0.2, 0.25) is 0 Å². The molecule has 0 radical (unpaired) electrons. The predicted molar refractivity (Wildman–Crippen MR) is 81.1 cm³/mol. The van der Waals surface area contributed by atoms with Crippen LogP contribution in [0.1, 0.15) is 17.5 Å². The fourth-order valence-electron chi connectivity index (χ4n) is 1.93. The molecule has 1 aromatic heterocycles. The zero-order valence-electron chi connectivity index (χ0n) is 12.5. The number of methoxy groups -OCH3 is 2. The molecular formula is C14H19N3O3S. The van der Waals surface area contributed by atoms with Crippen LogP contribution < -0.4 is 14.8 Å². The minimum atomic E-state index is 0.0762. The van der Waals surface area contributed by atoms with Gasteiger partial charge in [-0.15, -0.1) is 10.2 Å². The third-order valence-corrected chi connectivity index (χ3v) is 3.95. The highest BCUT2D eigenvalue weighted by molar-refractivity contribution is 7.99. The number of aromatic nitrogens is 2. The molecule has 7 heteroatoms. The van der Waals surface area contributed by atoms with E-state index in [4.69, 9.17) is 13.9 Å². The largest absolute Gasteiger partial charge is 0.497 e. The van der Waals surface area contributed by atoms with E-state index in [1.165, 1.54) is 11.8 Å². The molecular weight excluding hydrogens is 290 g/mol. The van der Waals surface area contributed by atoms with Crippen LogP contribution in [0, 0.1) is 6.92 Å². The summed E-state index contributed by atoms with van der Waals surface area (Å²) in [5.74, 6) is 2.92. The van der Waals surface area contributed by atoms with E-state index in [0.29, 0.717) is 11.1 Å². The van der Waals surface area contributed by atoms with Crippen LogP contribution in [-0.4, -0.2) is 37.2 Å². The van der Waals surface area contributed by atoms with Crippen LogP contribution in [-0.2, 0) is 0 Å². The van der Waals surface area contributed by atoms with Gasteiger partial charge in [0, 0.05) is 24.3 Å². The molecule has 2 rings (SSSR count). The standard InChI is InChI=1S/C14H19N3O3S/c1-9-16-17-14(20-9)21-8-12(15-2)11-7-10(18-3)5-6-13(11)19-4/h5-7,12,15H,8H2,1-4H3. The van der Waals surface area contributed by atoms with Crippen molar-refractivity contribution in [3.8, 4) is 11.5 Å². The Bertz CT molecular complexity index is 589. The van der Waals surface area contributed by atoms with E-state index in [1.807, 2.05) is 25.2 Å². The molecule has 0 saturated heterocycles. The summed E-state index contributed by atoms with van der Waals surface area (Å²) in [5.41, 5.74) is 1.03. The Morgan fingerprint density at radius 1 is 1.29 bits per heavy atom. The second-order valence-corrected chi connectivity index (χ2v) is 5.32. The van der Waals surface area contributed by atoms with Crippen molar-refractivity contribution in [1.29, 1.82) is 0 Å². The molecule has 1 atom stereocenters. The second-order valence-electron chi connectivity index (χ2n) is 4.35. The highest BCUT2D eigenvalue weighted by Gasteiger charge is 2.17.